The van der Waals surface area contributed by atoms with E-state index in [4.69, 9.17) is 24.3 Å². The molecule has 3 aromatic rings. The van der Waals surface area contributed by atoms with E-state index in [2.05, 4.69) is 25.6 Å². The normalized spacial score (nSPS) is 19.5. The van der Waals surface area contributed by atoms with E-state index in [1.54, 1.807) is 38.4 Å². The quantitative estimate of drug-likeness (QED) is 0.283. The van der Waals surface area contributed by atoms with E-state index >= 15 is 0 Å². The Morgan fingerprint density at radius 3 is 2.68 bits per heavy atom. The summed E-state index contributed by atoms with van der Waals surface area (Å²) in [5, 5.41) is 14.9. The van der Waals surface area contributed by atoms with Crippen molar-refractivity contribution in [3.63, 3.8) is 0 Å². The summed E-state index contributed by atoms with van der Waals surface area (Å²) < 4.78 is 30.4. The fourth-order valence-electron chi connectivity index (χ4n) is 3.75. The lowest BCUT2D eigenvalue weighted by Gasteiger charge is -2.35. The van der Waals surface area contributed by atoms with Gasteiger partial charge in [0, 0.05) is 38.6 Å². The van der Waals surface area contributed by atoms with E-state index in [0.717, 1.165) is 0 Å². The van der Waals surface area contributed by atoms with E-state index in [0.29, 0.717) is 60.5 Å². The maximum Gasteiger partial charge on any atom is 0.230 e. The first-order valence-corrected chi connectivity index (χ1v) is 12.0. The third-order valence-corrected chi connectivity index (χ3v) is 5.84. The highest BCUT2D eigenvalue weighted by Gasteiger charge is 2.40. The molecule has 3 heterocycles. The van der Waals surface area contributed by atoms with Gasteiger partial charge < -0.3 is 34.9 Å². The number of anilines is 1. The standard InChI is InChI=1S/C25H31FN6O5/c1-25(23(34)27-11-13-35-2)14-36-22(37-15-25)21-31-19(16-4-6-17(26)7-5-16)20(32-21)18-8-10-29-24(30-18)28-9-3-12-33/h4-8,10,22,33H,3,9,11-15H2,1-2H3,(H,27,34)(H,31,32)(H,28,29,30). The topological polar surface area (TPSA) is 144 Å². The third-order valence-electron chi connectivity index (χ3n) is 5.84. The molecule has 1 aliphatic heterocycles. The molecule has 4 rings (SSSR count). The maximum atomic E-state index is 13.6. The number of rotatable bonds is 11. The van der Waals surface area contributed by atoms with Crippen LogP contribution >= 0.6 is 0 Å². The van der Waals surface area contributed by atoms with Crippen LogP contribution in [0.15, 0.2) is 36.5 Å². The number of hydrogen-bond acceptors (Lipinski definition) is 9. The summed E-state index contributed by atoms with van der Waals surface area (Å²) in [6, 6.07) is 7.70. The number of nitrogens with zero attached hydrogens (tertiary/aromatic N) is 3. The highest BCUT2D eigenvalue weighted by Crippen LogP contribution is 2.35. The predicted molar refractivity (Wildman–Crippen MR) is 133 cm³/mol. The van der Waals surface area contributed by atoms with Crippen molar-refractivity contribution in [3.05, 3.63) is 48.2 Å². The van der Waals surface area contributed by atoms with Crippen LogP contribution in [0.25, 0.3) is 22.6 Å². The molecule has 0 unspecified atom stereocenters. The summed E-state index contributed by atoms with van der Waals surface area (Å²) in [4.78, 5) is 29.3. The molecule has 11 nitrogen and oxygen atoms in total. The molecule has 1 amide bonds. The van der Waals surface area contributed by atoms with Gasteiger partial charge in [0.1, 0.15) is 5.82 Å². The highest BCUT2D eigenvalue weighted by molar-refractivity contribution is 5.82. The van der Waals surface area contributed by atoms with Crippen molar-refractivity contribution < 1.29 is 28.5 Å². The van der Waals surface area contributed by atoms with Gasteiger partial charge in [-0.15, -0.1) is 0 Å². The van der Waals surface area contributed by atoms with Gasteiger partial charge in [-0.1, -0.05) is 0 Å². The van der Waals surface area contributed by atoms with Crippen molar-refractivity contribution in [1.29, 1.82) is 0 Å². The van der Waals surface area contributed by atoms with Crippen molar-refractivity contribution in [1.82, 2.24) is 25.3 Å². The summed E-state index contributed by atoms with van der Waals surface area (Å²) in [7, 11) is 1.57. The first-order chi connectivity index (χ1) is 17.9. The number of H-pyrrole nitrogens is 1. The number of carbonyl (C=O) groups is 1. The lowest BCUT2D eigenvalue weighted by atomic mass is 9.91. The SMILES string of the molecule is COCCNC(=O)C1(C)COC(c2nc(-c3ccc(F)cc3)c(-c3ccnc(NCCCO)n3)[nH]2)OC1. The molecule has 0 spiro atoms. The number of benzene rings is 1. The van der Waals surface area contributed by atoms with Crippen LogP contribution < -0.4 is 10.6 Å². The van der Waals surface area contributed by atoms with Gasteiger partial charge in [0.05, 0.1) is 42.3 Å². The fourth-order valence-corrected chi connectivity index (χ4v) is 3.75. The third kappa shape index (κ3) is 6.46. The summed E-state index contributed by atoms with van der Waals surface area (Å²) in [5.74, 6) is 0.245. The van der Waals surface area contributed by atoms with E-state index in [1.807, 2.05) is 0 Å². The molecule has 0 aliphatic carbocycles. The van der Waals surface area contributed by atoms with Gasteiger partial charge >= 0.3 is 0 Å². The minimum Gasteiger partial charge on any atom is -0.396 e. The second kappa shape index (κ2) is 12.2. The molecular formula is C25H31FN6O5. The number of aliphatic hydroxyl groups is 1. The van der Waals surface area contributed by atoms with Gasteiger partial charge in [0.15, 0.2) is 5.82 Å². The predicted octanol–water partition coefficient (Wildman–Crippen LogP) is 2.28. The van der Waals surface area contributed by atoms with Crippen molar-refractivity contribution in [2.45, 2.75) is 19.6 Å². The average molecular weight is 515 g/mol. The Labute approximate surface area is 213 Å². The number of methoxy groups -OCH3 is 1. The molecule has 0 atom stereocenters. The van der Waals surface area contributed by atoms with Crippen LogP contribution in [0, 0.1) is 11.2 Å². The van der Waals surface area contributed by atoms with Gasteiger partial charge in [0.25, 0.3) is 0 Å². The molecule has 2 aromatic heterocycles. The van der Waals surface area contributed by atoms with Crippen LogP contribution in [-0.2, 0) is 19.0 Å². The summed E-state index contributed by atoms with van der Waals surface area (Å²) >= 11 is 0. The summed E-state index contributed by atoms with van der Waals surface area (Å²) in [6.07, 6.45) is 1.33. The van der Waals surface area contributed by atoms with Crippen LogP contribution in [0.1, 0.15) is 25.5 Å². The summed E-state index contributed by atoms with van der Waals surface area (Å²) in [6.45, 7) is 3.41. The van der Waals surface area contributed by atoms with Crippen molar-refractivity contribution >= 4 is 11.9 Å². The van der Waals surface area contributed by atoms with Crippen LogP contribution in [0.3, 0.4) is 0 Å². The van der Waals surface area contributed by atoms with Gasteiger partial charge in [0.2, 0.25) is 18.1 Å². The Balaban J connectivity index is 1.58. The largest absolute Gasteiger partial charge is 0.396 e. The van der Waals surface area contributed by atoms with Gasteiger partial charge in [-0.2, -0.15) is 0 Å². The molecule has 1 aromatic carbocycles. The Kier molecular flexibility index (Phi) is 8.77. The fraction of sp³-hybridized carbons (Fsp3) is 0.440. The van der Waals surface area contributed by atoms with Crippen molar-refractivity contribution in [3.8, 4) is 22.6 Å². The Morgan fingerprint density at radius 2 is 1.97 bits per heavy atom. The molecule has 1 saturated heterocycles. The smallest absolute Gasteiger partial charge is 0.230 e. The lowest BCUT2D eigenvalue weighted by Crippen LogP contribution is -2.49. The monoisotopic (exact) mass is 514 g/mol. The highest BCUT2D eigenvalue weighted by atomic mass is 19.1. The van der Waals surface area contributed by atoms with E-state index < -0.39 is 11.7 Å². The van der Waals surface area contributed by atoms with Gasteiger partial charge in [-0.05, 0) is 43.7 Å². The summed E-state index contributed by atoms with van der Waals surface area (Å²) in [5.41, 5.74) is 1.48. The first kappa shape index (κ1) is 26.6. The molecule has 12 heteroatoms. The van der Waals surface area contributed by atoms with Gasteiger partial charge in [-0.3, -0.25) is 4.79 Å². The van der Waals surface area contributed by atoms with E-state index in [9.17, 15) is 9.18 Å². The Bertz CT molecular complexity index is 1180. The number of amides is 1. The molecule has 198 valence electrons. The number of aliphatic hydroxyl groups excluding tert-OH is 1. The molecule has 0 bridgehead atoms. The maximum absolute atomic E-state index is 13.6. The second-order valence-electron chi connectivity index (χ2n) is 8.89. The van der Waals surface area contributed by atoms with E-state index in [-0.39, 0.29) is 31.5 Å². The van der Waals surface area contributed by atoms with Crippen LogP contribution in [-0.4, -0.2) is 77.6 Å². The Morgan fingerprint density at radius 1 is 1.22 bits per heavy atom. The zero-order valence-electron chi connectivity index (χ0n) is 20.8. The zero-order chi connectivity index (χ0) is 26.3. The number of aromatic nitrogens is 4. The van der Waals surface area contributed by atoms with Crippen LogP contribution in [0.2, 0.25) is 0 Å². The molecule has 1 fully saturated rings. The average Bonchev–Trinajstić information content (AvgIpc) is 3.35. The van der Waals surface area contributed by atoms with Crippen LogP contribution in [0.4, 0.5) is 10.3 Å². The molecule has 0 saturated carbocycles. The minimum absolute atomic E-state index is 0.0561. The minimum atomic E-state index is -0.860. The lowest BCUT2D eigenvalue weighted by molar-refractivity contribution is -0.231. The number of ether oxygens (including phenoxy) is 3. The number of halogens is 1. The zero-order valence-corrected chi connectivity index (χ0v) is 20.8. The second-order valence-corrected chi connectivity index (χ2v) is 8.89. The first-order valence-electron chi connectivity index (χ1n) is 12.0. The number of aromatic amines is 1. The molecule has 0 radical (unpaired) electrons. The van der Waals surface area contributed by atoms with Gasteiger partial charge in [-0.25, -0.2) is 19.3 Å². The molecular weight excluding hydrogens is 483 g/mol. The molecule has 4 N–H and O–H groups in total. The molecule has 1 aliphatic rings. The van der Waals surface area contributed by atoms with Crippen LogP contribution in [0.5, 0.6) is 0 Å². The van der Waals surface area contributed by atoms with Crippen molar-refractivity contribution in [2.24, 2.45) is 5.41 Å². The number of hydrogen-bond donors (Lipinski definition) is 4. The molecule has 37 heavy (non-hydrogen) atoms. The number of imidazole rings is 1. The van der Waals surface area contributed by atoms with E-state index in [1.165, 1.54) is 12.1 Å². The number of nitrogens with one attached hydrogen (secondary N) is 3. The Hall–Kier alpha value is -3.45. The number of carbonyl (C=O) groups excluding carboxylic acids is 1. The van der Waals surface area contributed by atoms with Crippen molar-refractivity contribution in [2.75, 3.05) is 51.9 Å².